The Kier molecular flexibility index (Phi) is 6.17. The van der Waals surface area contributed by atoms with Gasteiger partial charge in [0, 0.05) is 11.0 Å². The second-order valence-corrected chi connectivity index (χ2v) is 8.81. The van der Waals surface area contributed by atoms with Crippen molar-refractivity contribution in [2.24, 2.45) is 0 Å². The number of amides is 1. The van der Waals surface area contributed by atoms with Crippen LogP contribution >= 0.6 is 15.9 Å². The molecule has 0 spiro atoms. The third kappa shape index (κ3) is 5.43. The number of benzene rings is 1. The van der Waals surface area contributed by atoms with Gasteiger partial charge in [-0.05, 0) is 65.7 Å². The van der Waals surface area contributed by atoms with Crippen LogP contribution in [-0.4, -0.2) is 41.1 Å². The highest BCUT2D eigenvalue weighted by molar-refractivity contribution is 9.10. The molecule has 1 fully saturated rings. The van der Waals surface area contributed by atoms with E-state index in [9.17, 15) is 4.79 Å². The number of rotatable bonds is 4. The summed E-state index contributed by atoms with van der Waals surface area (Å²) in [4.78, 5) is 14.4. The zero-order valence-electron chi connectivity index (χ0n) is 15.9. The highest BCUT2D eigenvalue weighted by Crippen LogP contribution is 2.32. The van der Waals surface area contributed by atoms with Crippen LogP contribution in [0.5, 0.6) is 0 Å². The molecule has 2 rings (SSSR count). The molecule has 1 unspecified atom stereocenters. The number of hydrogen-bond acceptors (Lipinski definition) is 4. The second kappa shape index (κ2) is 7.64. The molecule has 1 amide bonds. The van der Waals surface area contributed by atoms with E-state index in [-0.39, 0.29) is 18.4 Å². The van der Waals surface area contributed by atoms with Gasteiger partial charge in [0.25, 0.3) is 0 Å². The first-order chi connectivity index (χ1) is 11.5. The summed E-state index contributed by atoms with van der Waals surface area (Å²) in [5.41, 5.74) is -0.0109. The average molecular weight is 413 g/mol. The number of hydrogen-bond donors (Lipinski definition) is 1. The molecule has 5 nitrogen and oxygen atoms in total. The molecule has 25 heavy (non-hydrogen) atoms. The van der Waals surface area contributed by atoms with Crippen molar-refractivity contribution in [1.29, 1.82) is 0 Å². The van der Waals surface area contributed by atoms with Gasteiger partial charge in [0.2, 0.25) is 0 Å². The maximum atomic E-state index is 12.7. The van der Waals surface area contributed by atoms with Gasteiger partial charge in [0.1, 0.15) is 17.5 Å². The summed E-state index contributed by atoms with van der Waals surface area (Å²) < 4.78 is 12.6. The Morgan fingerprint density at radius 1 is 1.32 bits per heavy atom. The normalized spacial score (nSPS) is 22.9. The third-order valence-electron chi connectivity index (χ3n) is 4.05. The van der Waals surface area contributed by atoms with Crippen molar-refractivity contribution in [3.05, 3.63) is 34.3 Å². The molecule has 1 N–H and O–H groups in total. The van der Waals surface area contributed by atoms with E-state index >= 15 is 0 Å². The molecule has 1 heterocycles. The third-order valence-corrected chi connectivity index (χ3v) is 4.58. The standard InChI is InChI=1S/C19H29BrN2O3/c1-13-16(21-12-11-14-7-9-15(20)10-8-14)22(19(5,6)24-13)17(23)25-18(2,3)4/h7-10,13,16,21H,11-12H2,1-6H3/t13-,16?/m0/s1. The van der Waals surface area contributed by atoms with Crippen LogP contribution in [0.25, 0.3) is 0 Å². The molecule has 0 aliphatic carbocycles. The van der Waals surface area contributed by atoms with E-state index in [2.05, 4.69) is 33.4 Å². The maximum Gasteiger partial charge on any atom is 0.413 e. The molecule has 1 aromatic carbocycles. The molecule has 0 bridgehead atoms. The number of halogens is 1. The fourth-order valence-corrected chi connectivity index (χ4v) is 3.30. The first-order valence-corrected chi connectivity index (χ1v) is 9.47. The second-order valence-electron chi connectivity index (χ2n) is 7.90. The first-order valence-electron chi connectivity index (χ1n) is 8.67. The monoisotopic (exact) mass is 412 g/mol. The molecular formula is C19H29BrN2O3. The van der Waals surface area contributed by atoms with Gasteiger partial charge in [-0.15, -0.1) is 0 Å². The van der Waals surface area contributed by atoms with Crippen LogP contribution in [0.15, 0.2) is 28.7 Å². The molecule has 0 aromatic heterocycles. The Morgan fingerprint density at radius 3 is 2.48 bits per heavy atom. The van der Waals surface area contributed by atoms with Gasteiger partial charge >= 0.3 is 6.09 Å². The quantitative estimate of drug-likeness (QED) is 0.800. The minimum atomic E-state index is -0.711. The molecule has 6 heteroatoms. The Hall–Kier alpha value is -1.11. The Morgan fingerprint density at radius 2 is 1.92 bits per heavy atom. The van der Waals surface area contributed by atoms with Crippen LogP contribution < -0.4 is 5.32 Å². The number of carbonyl (C=O) groups excluding carboxylic acids is 1. The minimum Gasteiger partial charge on any atom is -0.444 e. The lowest BCUT2D eigenvalue weighted by molar-refractivity contribution is -0.0759. The topological polar surface area (TPSA) is 50.8 Å². The molecule has 0 saturated carbocycles. The van der Waals surface area contributed by atoms with Crippen molar-refractivity contribution in [1.82, 2.24) is 10.2 Å². The molecular weight excluding hydrogens is 384 g/mol. The van der Waals surface area contributed by atoms with E-state index in [0.29, 0.717) is 0 Å². The highest BCUT2D eigenvalue weighted by Gasteiger charge is 2.49. The van der Waals surface area contributed by atoms with Crippen molar-refractivity contribution < 1.29 is 14.3 Å². The molecule has 1 saturated heterocycles. The predicted octanol–water partition coefficient (Wildman–Crippen LogP) is 4.30. The Labute approximate surface area is 159 Å². The van der Waals surface area contributed by atoms with Gasteiger partial charge in [-0.1, -0.05) is 28.1 Å². The summed E-state index contributed by atoms with van der Waals surface area (Å²) in [5, 5.41) is 3.46. The molecule has 140 valence electrons. The van der Waals surface area contributed by atoms with Crippen LogP contribution in [0.1, 0.15) is 47.1 Å². The summed E-state index contributed by atoms with van der Waals surface area (Å²) in [6, 6.07) is 8.26. The summed E-state index contributed by atoms with van der Waals surface area (Å²) in [6.45, 7) is 12.1. The van der Waals surface area contributed by atoms with E-state index < -0.39 is 11.3 Å². The van der Waals surface area contributed by atoms with Gasteiger partial charge in [-0.2, -0.15) is 0 Å². The summed E-state index contributed by atoms with van der Waals surface area (Å²) >= 11 is 3.45. The van der Waals surface area contributed by atoms with Crippen molar-refractivity contribution in [3.63, 3.8) is 0 Å². The molecule has 1 aliphatic rings. The largest absolute Gasteiger partial charge is 0.444 e. The highest BCUT2D eigenvalue weighted by atomic mass is 79.9. The summed E-state index contributed by atoms with van der Waals surface area (Å²) in [6.07, 6.45) is 0.176. The molecule has 0 radical (unpaired) electrons. The number of nitrogens with one attached hydrogen (secondary N) is 1. The number of nitrogens with zero attached hydrogens (tertiary/aromatic N) is 1. The zero-order valence-corrected chi connectivity index (χ0v) is 17.5. The average Bonchev–Trinajstić information content (AvgIpc) is 2.68. The van der Waals surface area contributed by atoms with E-state index in [1.54, 1.807) is 4.90 Å². The summed E-state index contributed by atoms with van der Waals surface area (Å²) in [5.74, 6) is 0. The first kappa shape index (κ1) is 20.2. The Bertz CT molecular complexity index is 596. The van der Waals surface area contributed by atoms with E-state index in [0.717, 1.165) is 17.4 Å². The van der Waals surface area contributed by atoms with Gasteiger partial charge < -0.3 is 9.47 Å². The van der Waals surface area contributed by atoms with Gasteiger partial charge in [0.15, 0.2) is 0 Å². The fraction of sp³-hybridized carbons (Fsp3) is 0.632. The van der Waals surface area contributed by atoms with Crippen molar-refractivity contribution in [2.75, 3.05) is 6.54 Å². The number of ether oxygens (including phenoxy) is 2. The number of carbonyl (C=O) groups is 1. The Balaban J connectivity index is 2.02. The smallest absolute Gasteiger partial charge is 0.413 e. The molecule has 2 atom stereocenters. The lowest BCUT2D eigenvalue weighted by Crippen LogP contribution is -2.55. The maximum absolute atomic E-state index is 12.7. The molecule has 1 aliphatic heterocycles. The summed E-state index contributed by atoms with van der Waals surface area (Å²) in [7, 11) is 0. The van der Waals surface area contributed by atoms with Crippen LogP contribution in [0, 0.1) is 0 Å². The SMILES string of the molecule is C[C@@H]1OC(C)(C)N(C(=O)OC(C)(C)C)C1NCCc1ccc(Br)cc1. The van der Waals surface area contributed by atoms with Gasteiger partial charge in [-0.25, -0.2) is 4.79 Å². The van der Waals surface area contributed by atoms with Crippen LogP contribution in [0.4, 0.5) is 4.79 Å². The van der Waals surface area contributed by atoms with Crippen molar-refractivity contribution in [2.45, 2.75) is 71.6 Å². The van der Waals surface area contributed by atoms with Crippen LogP contribution in [0.3, 0.4) is 0 Å². The minimum absolute atomic E-state index is 0.118. The lowest BCUT2D eigenvalue weighted by atomic mass is 10.1. The van der Waals surface area contributed by atoms with Gasteiger partial charge in [0.05, 0.1) is 6.10 Å². The lowest BCUT2D eigenvalue weighted by Gasteiger charge is -2.35. The zero-order chi connectivity index (χ0) is 18.8. The fourth-order valence-electron chi connectivity index (χ4n) is 3.04. The van der Waals surface area contributed by atoms with Crippen LogP contribution in [-0.2, 0) is 15.9 Å². The molecule has 1 aromatic rings. The van der Waals surface area contributed by atoms with E-state index in [1.165, 1.54) is 5.56 Å². The van der Waals surface area contributed by atoms with E-state index in [1.807, 2.05) is 53.7 Å². The van der Waals surface area contributed by atoms with Crippen LogP contribution in [0.2, 0.25) is 0 Å². The van der Waals surface area contributed by atoms with Gasteiger partial charge in [-0.3, -0.25) is 10.2 Å². The predicted molar refractivity (Wildman–Crippen MR) is 102 cm³/mol. The van der Waals surface area contributed by atoms with Crippen molar-refractivity contribution in [3.8, 4) is 0 Å². The van der Waals surface area contributed by atoms with E-state index in [4.69, 9.17) is 9.47 Å². The van der Waals surface area contributed by atoms with Crippen molar-refractivity contribution >= 4 is 22.0 Å².